The highest BCUT2D eigenvalue weighted by atomic mass is 16.5. The van der Waals surface area contributed by atoms with Crippen LogP contribution in [0.5, 0.6) is 5.75 Å². The Labute approximate surface area is 141 Å². The Morgan fingerprint density at radius 3 is 2.50 bits per heavy atom. The average Bonchev–Trinajstić information content (AvgIpc) is 2.81. The molecule has 24 heavy (non-hydrogen) atoms. The summed E-state index contributed by atoms with van der Waals surface area (Å²) in [6.45, 7) is 7.22. The van der Waals surface area contributed by atoms with Crippen LogP contribution in [0, 0.1) is 0 Å². The molecule has 2 aliphatic heterocycles. The maximum Gasteiger partial charge on any atom is 0.326 e. The Morgan fingerprint density at radius 2 is 1.88 bits per heavy atom. The van der Waals surface area contributed by atoms with Crippen LogP contribution in [0.3, 0.4) is 0 Å². The van der Waals surface area contributed by atoms with E-state index in [0.29, 0.717) is 26.5 Å². The van der Waals surface area contributed by atoms with E-state index in [4.69, 9.17) is 9.47 Å². The molecule has 130 valence electrons. The predicted octanol–water partition coefficient (Wildman–Crippen LogP) is 1.14. The van der Waals surface area contributed by atoms with Crippen molar-refractivity contribution in [1.29, 1.82) is 0 Å². The maximum absolute atomic E-state index is 12.9. The molecule has 1 unspecified atom stereocenters. The lowest BCUT2D eigenvalue weighted by Crippen LogP contribution is -2.47. The van der Waals surface area contributed by atoms with E-state index in [9.17, 15) is 9.59 Å². The number of imide groups is 1. The van der Waals surface area contributed by atoms with Crippen LogP contribution in [-0.2, 0) is 15.1 Å². The van der Waals surface area contributed by atoms with Gasteiger partial charge in [-0.05, 0) is 31.5 Å². The molecule has 2 aliphatic rings. The Kier molecular flexibility index (Phi) is 4.73. The molecule has 1 aromatic rings. The number of hydrogen-bond donors (Lipinski definition) is 1. The topological polar surface area (TPSA) is 71.1 Å². The highest BCUT2D eigenvalue weighted by molar-refractivity contribution is 6.07. The number of nitrogens with zero attached hydrogens (tertiary/aromatic N) is 2. The van der Waals surface area contributed by atoms with E-state index < -0.39 is 5.54 Å². The summed E-state index contributed by atoms with van der Waals surface area (Å²) in [6, 6.07) is 6.91. The standard InChI is InChI=1S/C17H23N3O4/c1-3-24-14-6-4-13(5-7-14)17(2)15(21)20(16(22)18-17)12-19-8-10-23-11-9-19/h4-7H,3,8-12H2,1-2H3,(H,18,22). The number of hydrogen-bond acceptors (Lipinski definition) is 5. The van der Waals surface area contributed by atoms with Gasteiger partial charge in [0.05, 0.1) is 26.5 Å². The number of ether oxygens (including phenoxy) is 2. The third-order valence-electron chi connectivity index (χ3n) is 4.46. The number of rotatable bonds is 5. The summed E-state index contributed by atoms with van der Waals surface area (Å²) in [7, 11) is 0. The zero-order chi connectivity index (χ0) is 17.2. The van der Waals surface area contributed by atoms with E-state index in [1.54, 1.807) is 6.92 Å². The molecule has 3 rings (SSSR count). The van der Waals surface area contributed by atoms with Gasteiger partial charge in [0, 0.05) is 13.1 Å². The molecular formula is C17H23N3O4. The summed E-state index contributed by atoms with van der Waals surface area (Å²) >= 11 is 0. The molecule has 0 aromatic heterocycles. The molecule has 0 aliphatic carbocycles. The monoisotopic (exact) mass is 333 g/mol. The minimum atomic E-state index is -1.05. The molecule has 2 heterocycles. The van der Waals surface area contributed by atoms with Crippen molar-refractivity contribution < 1.29 is 19.1 Å². The van der Waals surface area contributed by atoms with Gasteiger partial charge in [-0.1, -0.05) is 12.1 Å². The minimum absolute atomic E-state index is 0.233. The summed E-state index contributed by atoms with van der Waals surface area (Å²) in [5.41, 5.74) is -0.303. The number of benzene rings is 1. The van der Waals surface area contributed by atoms with Gasteiger partial charge in [0.2, 0.25) is 0 Å². The first kappa shape index (κ1) is 16.7. The third-order valence-corrected chi connectivity index (χ3v) is 4.46. The highest BCUT2D eigenvalue weighted by Crippen LogP contribution is 2.30. The zero-order valence-electron chi connectivity index (χ0n) is 14.1. The van der Waals surface area contributed by atoms with Gasteiger partial charge in [-0.25, -0.2) is 9.69 Å². The first-order chi connectivity index (χ1) is 11.5. The number of carbonyl (C=O) groups excluding carboxylic acids is 2. The molecule has 0 radical (unpaired) electrons. The molecule has 7 nitrogen and oxygen atoms in total. The van der Waals surface area contributed by atoms with Crippen LogP contribution in [0.1, 0.15) is 19.4 Å². The largest absolute Gasteiger partial charge is 0.494 e. The molecule has 1 aromatic carbocycles. The third kappa shape index (κ3) is 3.09. The lowest BCUT2D eigenvalue weighted by Gasteiger charge is -2.30. The number of urea groups is 1. The molecule has 3 amide bonds. The molecule has 2 saturated heterocycles. The Bertz CT molecular complexity index is 613. The number of amides is 3. The predicted molar refractivity (Wildman–Crippen MR) is 87.6 cm³/mol. The molecule has 7 heteroatoms. The first-order valence-corrected chi connectivity index (χ1v) is 8.22. The zero-order valence-corrected chi connectivity index (χ0v) is 14.1. The van der Waals surface area contributed by atoms with Crippen molar-refractivity contribution in [1.82, 2.24) is 15.1 Å². The SMILES string of the molecule is CCOc1ccc(C2(C)NC(=O)N(CN3CCOCC3)C2=O)cc1. The summed E-state index contributed by atoms with van der Waals surface area (Å²) < 4.78 is 10.7. The summed E-state index contributed by atoms with van der Waals surface area (Å²) in [4.78, 5) is 28.5. The van der Waals surface area contributed by atoms with Gasteiger partial charge in [0.15, 0.2) is 0 Å². The molecule has 1 atom stereocenters. The minimum Gasteiger partial charge on any atom is -0.494 e. The lowest BCUT2D eigenvalue weighted by molar-refractivity contribution is -0.133. The van der Waals surface area contributed by atoms with E-state index in [2.05, 4.69) is 5.32 Å². The van der Waals surface area contributed by atoms with Crippen LogP contribution in [0.15, 0.2) is 24.3 Å². The van der Waals surface area contributed by atoms with Crippen LogP contribution in [0.25, 0.3) is 0 Å². The van der Waals surface area contributed by atoms with Gasteiger partial charge in [0.25, 0.3) is 5.91 Å². The Morgan fingerprint density at radius 1 is 1.21 bits per heavy atom. The van der Waals surface area contributed by atoms with Crippen LogP contribution in [-0.4, -0.2) is 61.3 Å². The second-order valence-electron chi connectivity index (χ2n) is 6.12. The van der Waals surface area contributed by atoms with Gasteiger partial charge < -0.3 is 14.8 Å². The molecule has 0 saturated carbocycles. The van der Waals surface area contributed by atoms with Crippen LogP contribution < -0.4 is 10.1 Å². The Hall–Kier alpha value is -2.12. The van der Waals surface area contributed by atoms with Crippen molar-refractivity contribution in [2.75, 3.05) is 39.6 Å². The van der Waals surface area contributed by atoms with Crippen LogP contribution >= 0.6 is 0 Å². The lowest BCUT2D eigenvalue weighted by atomic mass is 9.92. The van der Waals surface area contributed by atoms with Crippen LogP contribution in [0.2, 0.25) is 0 Å². The van der Waals surface area contributed by atoms with E-state index >= 15 is 0 Å². The van der Waals surface area contributed by atoms with Crippen molar-refractivity contribution in [3.8, 4) is 5.75 Å². The van der Waals surface area contributed by atoms with Gasteiger partial charge in [-0.3, -0.25) is 9.69 Å². The van der Waals surface area contributed by atoms with Gasteiger partial charge in [-0.2, -0.15) is 0 Å². The van der Waals surface area contributed by atoms with Crippen molar-refractivity contribution in [3.63, 3.8) is 0 Å². The molecule has 1 N–H and O–H groups in total. The first-order valence-electron chi connectivity index (χ1n) is 8.22. The fourth-order valence-corrected chi connectivity index (χ4v) is 3.01. The number of morpholine rings is 1. The van der Waals surface area contributed by atoms with E-state index in [1.165, 1.54) is 4.90 Å². The summed E-state index contributed by atoms with van der Waals surface area (Å²) in [6.07, 6.45) is 0. The molecule has 0 spiro atoms. The van der Waals surface area contributed by atoms with Crippen molar-refractivity contribution >= 4 is 11.9 Å². The Balaban J connectivity index is 1.75. The van der Waals surface area contributed by atoms with E-state index in [1.807, 2.05) is 36.1 Å². The van der Waals surface area contributed by atoms with Crippen molar-refractivity contribution in [3.05, 3.63) is 29.8 Å². The fourth-order valence-electron chi connectivity index (χ4n) is 3.01. The van der Waals surface area contributed by atoms with E-state index in [0.717, 1.165) is 24.4 Å². The van der Waals surface area contributed by atoms with Crippen molar-refractivity contribution in [2.24, 2.45) is 0 Å². The second kappa shape index (κ2) is 6.78. The summed E-state index contributed by atoms with van der Waals surface area (Å²) in [5.74, 6) is 0.509. The van der Waals surface area contributed by atoms with Crippen molar-refractivity contribution in [2.45, 2.75) is 19.4 Å². The maximum atomic E-state index is 12.9. The van der Waals surface area contributed by atoms with Gasteiger partial charge >= 0.3 is 6.03 Å². The van der Waals surface area contributed by atoms with E-state index in [-0.39, 0.29) is 11.9 Å². The number of nitrogens with one attached hydrogen (secondary N) is 1. The normalized spacial score (nSPS) is 25.0. The van der Waals surface area contributed by atoms with Gasteiger partial charge in [0.1, 0.15) is 11.3 Å². The quantitative estimate of drug-likeness (QED) is 0.818. The average molecular weight is 333 g/mol. The molecule has 0 bridgehead atoms. The molecular weight excluding hydrogens is 310 g/mol. The summed E-state index contributed by atoms with van der Waals surface area (Å²) in [5, 5.41) is 2.83. The highest BCUT2D eigenvalue weighted by Gasteiger charge is 2.49. The second-order valence-corrected chi connectivity index (χ2v) is 6.12. The fraction of sp³-hybridized carbons (Fsp3) is 0.529. The smallest absolute Gasteiger partial charge is 0.326 e. The van der Waals surface area contributed by atoms with Crippen LogP contribution in [0.4, 0.5) is 4.79 Å². The molecule has 2 fully saturated rings. The van der Waals surface area contributed by atoms with Gasteiger partial charge in [-0.15, -0.1) is 0 Å². The number of carbonyl (C=O) groups is 2.